The van der Waals surface area contributed by atoms with Crippen LogP contribution >= 0.6 is 0 Å². The molecule has 0 radical (unpaired) electrons. The Bertz CT molecular complexity index is 3610. The van der Waals surface area contributed by atoms with E-state index in [-0.39, 0.29) is 76.2 Å². The van der Waals surface area contributed by atoms with Gasteiger partial charge in [-0.3, -0.25) is 38.8 Å². The highest BCUT2D eigenvalue weighted by Crippen LogP contribution is 2.31. The highest BCUT2D eigenvalue weighted by atomic mass is 16.6. The summed E-state index contributed by atoms with van der Waals surface area (Å²) in [5, 5.41) is 15.4. The van der Waals surface area contributed by atoms with E-state index >= 15 is 0 Å². The van der Waals surface area contributed by atoms with Gasteiger partial charge in [-0.05, 0) is 96.8 Å². The molecule has 8 aromatic rings. The standard InChI is InChI=1S/C62H63N13O8/c1-41-15-13-22-49(67-41)58-57(46-27-30-53-65-40-66-75(53)37-46)71-52(72-58)38-73(36-45-20-10-11-21-48(45)44-18-7-3-8-19-44)62(82)83-39-43-25-28-47(29-26-43)68-59(79)50(23-14-33-64-61(63)81)70-60(80)51(35-42-16-5-2-6-17-42)69-54(76)24-9-4-12-34-74-55(77)31-32-56(74)78/h2-3,5-8,10-11,13,15-22,25-32,37,40,50-51H,4,9,12,14,23-24,33-36,38-39H2,1H3,(H,68,79)(H,69,76)(H,70,80)(H,71,72)(H3,63,64,81)/t50-,51?/m0/s1. The van der Waals surface area contributed by atoms with E-state index in [0.717, 1.165) is 38.4 Å². The van der Waals surface area contributed by atoms with Crippen LogP contribution in [0.5, 0.6) is 0 Å². The molecule has 0 aliphatic carbocycles. The lowest BCUT2D eigenvalue weighted by atomic mass is 9.99. The Balaban J connectivity index is 0.882. The molecule has 1 aliphatic heterocycles. The van der Waals surface area contributed by atoms with Crippen molar-refractivity contribution in [3.05, 3.63) is 192 Å². The maximum Gasteiger partial charge on any atom is 0.410 e. The molecule has 9 rings (SSSR count). The third kappa shape index (κ3) is 15.7. The van der Waals surface area contributed by atoms with Gasteiger partial charge in [-0.2, -0.15) is 5.10 Å². The van der Waals surface area contributed by atoms with E-state index in [1.807, 2.05) is 128 Å². The van der Waals surface area contributed by atoms with Crippen LogP contribution in [-0.2, 0) is 54.8 Å². The first-order chi connectivity index (χ1) is 40.3. The number of carbonyl (C=O) groups is 7. The number of anilines is 1. The van der Waals surface area contributed by atoms with Crippen LogP contribution in [0.25, 0.3) is 39.4 Å². The number of fused-ring (bicyclic) bond motifs is 1. The zero-order chi connectivity index (χ0) is 58.1. The summed E-state index contributed by atoms with van der Waals surface area (Å²) in [5.41, 5.74) is 14.1. The summed E-state index contributed by atoms with van der Waals surface area (Å²) in [6.07, 6.45) is 7.29. The Morgan fingerprint density at radius 1 is 0.711 bits per heavy atom. The van der Waals surface area contributed by atoms with Crippen LogP contribution in [0.3, 0.4) is 0 Å². The molecule has 83 heavy (non-hydrogen) atoms. The highest BCUT2D eigenvalue weighted by molar-refractivity contribution is 6.12. The van der Waals surface area contributed by atoms with Gasteiger partial charge in [0.15, 0.2) is 5.65 Å². The molecule has 2 atom stereocenters. The smallest absolute Gasteiger partial charge is 0.410 e. The van der Waals surface area contributed by atoms with Gasteiger partial charge in [-0.25, -0.2) is 24.1 Å². The number of hydrogen-bond donors (Lipinski definition) is 6. The van der Waals surface area contributed by atoms with Gasteiger partial charge in [0.05, 0.1) is 24.5 Å². The van der Waals surface area contributed by atoms with Gasteiger partial charge in [0.2, 0.25) is 17.7 Å². The molecule has 0 fully saturated rings. The van der Waals surface area contributed by atoms with Crippen LogP contribution in [0.15, 0.2) is 164 Å². The number of benzene rings is 4. The maximum atomic E-state index is 14.5. The summed E-state index contributed by atoms with van der Waals surface area (Å²) in [6.45, 7) is 2.35. The second kappa shape index (κ2) is 27.7. The van der Waals surface area contributed by atoms with Crippen LogP contribution in [0.4, 0.5) is 15.3 Å². The number of imidazole rings is 1. The van der Waals surface area contributed by atoms with Crippen LogP contribution in [0, 0.1) is 6.92 Å². The van der Waals surface area contributed by atoms with Crippen LogP contribution in [-0.4, -0.2) is 106 Å². The first-order valence-corrected chi connectivity index (χ1v) is 27.3. The number of aryl methyl sites for hydroxylation is 1. The van der Waals surface area contributed by atoms with Crippen molar-refractivity contribution < 1.29 is 38.3 Å². The van der Waals surface area contributed by atoms with Crippen LogP contribution in [0.1, 0.15) is 66.7 Å². The van der Waals surface area contributed by atoms with Gasteiger partial charge in [-0.15, -0.1) is 0 Å². The molecule has 4 aromatic carbocycles. The topological polar surface area (TPSA) is 281 Å². The Kier molecular flexibility index (Phi) is 19.2. The highest BCUT2D eigenvalue weighted by Gasteiger charge is 2.29. The fraction of sp³-hybridized carbons (Fsp3) is 0.242. The fourth-order valence-electron chi connectivity index (χ4n) is 9.58. The van der Waals surface area contributed by atoms with Crippen molar-refractivity contribution in [2.45, 2.75) is 83.6 Å². The average molecular weight is 1120 g/mol. The third-order valence-electron chi connectivity index (χ3n) is 13.8. The molecule has 0 bridgehead atoms. The lowest BCUT2D eigenvalue weighted by Gasteiger charge is -2.24. The first-order valence-electron chi connectivity index (χ1n) is 27.3. The van der Waals surface area contributed by atoms with Crippen molar-refractivity contribution >= 4 is 53.0 Å². The maximum absolute atomic E-state index is 14.5. The van der Waals surface area contributed by atoms with Crippen LogP contribution in [0.2, 0.25) is 0 Å². The molecule has 1 aliphatic rings. The second-order valence-electron chi connectivity index (χ2n) is 19.9. The number of urea groups is 1. The number of nitrogens with two attached hydrogens (primary N) is 1. The van der Waals surface area contributed by atoms with Crippen molar-refractivity contribution in [3.8, 4) is 33.8 Å². The van der Waals surface area contributed by atoms with E-state index in [4.69, 9.17) is 20.4 Å². The van der Waals surface area contributed by atoms with Gasteiger partial charge < -0.3 is 36.7 Å². The first kappa shape index (κ1) is 57.4. The number of amides is 8. The Morgan fingerprint density at radius 2 is 1.46 bits per heavy atom. The number of H-pyrrole nitrogens is 1. The minimum Gasteiger partial charge on any atom is -0.445 e. The zero-order valence-electron chi connectivity index (χ0n) is 45.7. The van der Waals surface area contributed by atoms with Crippen molar-refractivity contribution in [2.75, 3.05) is 18.4 Å². The number of pyridine rings is 2. The largest absolute Gasteiger partial charge is 0.445 e. The summed E-state index contributed by atoms with van der Waals surface area (Å²) >= 11 is 0. The van der Waals surface area contributed by atoms with E-state index in [0.29, 0.717) is 59.1 Å². The van der Waals surface area contributed by atoms with Gasteiger partial charge in [0, 0.05) is 61.2 Å². The predicted molar refractivity (Wildman–Crippen MR) is 310 cm³/mol. The zero-order valence-corrected chi connectivity index (χ0v) is 45.7. The number of ether oxygens (including phenoxy) is 1. The van der Waals surface area contributed by atoms with Gasteiger partial charge in [0.25, 0.3) is 11.8 Å². The van der Waals surface area contributed by atoms with E-state index in [1.54, 1.807) is 33.7 Å². The summed E-state index contributed by atoms with van der Waals surface area (Å²) in [6, 6.07) is 40.2. The number of nitrogens with zero attached hydrogens (tertiary/aromatic N) is 7. The lowest BCUT2D eigenvalue weighted by molar-refractivity contribution is -0.137. The monoisotopic (exact) mass is 1120 g/mol. The van der Waals surface area contributed by atoms with Crippen molar-refractivity contribution in [1.82, 2.24) is 55.3 Å². The molecule has 0 spiro atoms. The Labute approximate surface area is 478 Å². The van der Waals surface area contributed by atoms with Gasteiger partial charge in [0.1, 0.15) is 36.5 Å². The summed E-state index contributed by atoms with van der Waals surface area (Å²) in [5.74, 6) is -1.78. The molecule has 424 valence electrons. The van der Waals surface area contributed by atoms with E-state index in [2.05, 4.69) is 36.3 Å². The normalized spacial score (nSPS) is 12.7. The minimum atomic E-state index is -1.11. The molecule has 1 unspecified atom stereocenters. The number of nitrogens with one attached hydrogen (secondary N) is 5. The Hall–Kier alpha value is -10.3. The molecule has 0 saturated heterocycles. The van der Waals surface area contributed by atoms with Gasteiger partial charge in [-0.1, -0.05) is 110 Å². The second-order valence-corrected chi connectivity index (χ2v) is 19.9. The minimum absolute atomic E-state index is 0.0279. The molecule has 4 aromatic heterocycles. The van der Waals surface area contributed by atoms with Crippen LogP contribution < -0.4 is 27.0 Å². The van der Waals surface area contributed by atoms with Gasteiger partial charge >= 0.3 is 12.1 Å². The Morgan fingerprint density at radius 3 is 2.22 bits per heavy atom. The summed E-state index contributed by atoms with van der Waals surface area (Å²) < 4.78 is 7.73. The molecule has 5 heterocycles. The molecular formula is C62H63N13O8. The molecule has 21 nitrogen and oxygen atoms in total. The predicted octanol–water partition coefficient (Wildman–Crippen LogP) is 7.58. The van der Waals surface area contributed by atoms with E-state index < -0.39 is 36.0 Å². The van der Waals surface area contributed by atoms with Crippen molar-refractivity contribution in [2.24, 2.45) is 5.73 Å². The SMILES string of the molecule is Cc1cccc(-c2nc(CN(Cc3ccccc3-c3ccccc3)C(=O)OCc3ccc(NC(=O)[C@H](CCCNC(N)=O)NC(=O)C(Cc4ccccc4)NC(=O)CCCCCN4C(=O)C=CC4=O)cc3)[nH]c2-c2ccc3ncnn3c2)n1. The number of aromatic amines is 1. The quantitative estimate of drug-likeness (QED) is 0.0226. The number of primary amides is 1. The average Bonchev–Trinajstić information content (AvgIpc) is 3.83. The summed E-state index contributed by atoms with van der Waals surface area (Å²) in [7, 11) is 0. The van der Waals surface area contributed by atoms with E-state index in [9.17, 15) is 33.6 Å². The summed E-state index contributed by atoms with van der Waals surface area (Å²) in [4.78, 5) is 112. The molecule has 8 amide bonds. The number of rotatable bonds is 26. The number of aromatic nitrogens is 6. The third-order valence-corrected chi connectivity index (χ3v) is 13.8. The number of carbonyl (C=O) groups excluding carboxylic acids is 7. The molecule has 0 saturated carbocycles. The number of imide groups is 1. The fourth-order valence-corrected chi connectivity index (χ4v) is 9.58. The van der Waals surface area contributed by atoms with Crippen molar-refractivity contribution in [1.29, 1.82) is 0 Å². The van der Waals surface area contributed by atoms with Crippen molar-refractivity contribution in [3.63, 3.8) is 0 Å². The lowest BCUT2D eigenvalue weighted by Crippen LogP contribution is -2.53. The molecule has 21 heteroatoms. The number of unbranched alkanes of at least 4 members (excludes halogenated alkanes) is 2. The number of hydrogen-bond acceptors (Lipinski definition) is 12. The molecule has 7 N–H and O–H groups in total. The van der Waals surface area contributed by atoms with E-state index in [1.165, 1.54) is 18.5 Å². The molecular weight excluding hydrogens is 1050 g/mol.